The van der Waals surface area contributed by atoms with Gasteiger partial charge >= 0.3 is 0 Å². The van der Waals surface area contributed by atoms with Gasteiger partial charge in [0.15, 0.2) is 9.84 Å². The summed E-state index contributed by atoms with van der Waals surface area (Å²) in [6, 6.07) is 0. The van der Waals surface area contributed by atoms with Gasteiger partial charge in [-0.2, -0.15) is 0 Å². The van der Waals surface area contributed by atoms with Crippen molar-refractivity contribution in [3.8, 4) is 0 Å². The largest absolute Gasteiger partial charge is 0.394 e. The molecule has 1 saturated heterocycles. The van der Waals surface area contributed by atoms with Gasteiger partial charge in [0, 0.05) is 0 Å². The van der Waals surface area contributed by atoms with Crippen molar-refractivity contribution in [2.24, 2.45) is 5.73 Å². The van der Waals surface area contributed by atoms with E-state index < -0.39 is 15.4 Å². The highest BCUT2D eigenvalue weighted by atomic mass is 35.5. The predicted octanol–water partition coefficient (Wildman–Crippen LogP) is -0.693. The van der Waals surface area contributed by atoms with Gasteiger partial charge in [-0.05, 0) is 12.8 Å². The minimum absolute atomic E-state index is 0. The molecule has 0 aromatic heterocycles. The highest BCUT2D eigenvalue weighted by molar-refractivity contribution is 7.91. The van der Waals surface area contributed by atoms with Gasteiger partial charge in [0.25, 0.3) is 0 Å². The van der Waals surface area contributed by atoms with Crippen LogP contribution in [0.4, 0.5) is 0 Å². The van der Waals surface area contributed by atoms with Gasteiger partial charge in [0.05, 0.1) is 23.7 Å². The van der Waals surface area contributed by atoms with Gasteiger partial charge in [0.1, 0.15) is 0 Å². The molecule has 1 aliphatic rings. The van der Waals surface area contributed by atoms with E-state index in [4.69, 9.17) is 10.8 Å². The van der Waals surface area contributed by atoms with Crippen molar-refractivity contribution in [2.75, 3.05) is 18.1 Å². The summed E-state index contributed by atoms with van der Waals surface area (Å²) in [5.74, 6) is 0.141. The van der Waals surface area contributed by atoms with Crippen molar-refractivity contribution in [3.63, 3.8) is 0 Å². The molecule has 1 unspecified atom stereocenters. The van der Waals surface area contributed by atoms with E-state index in [1.807, 2.05) is 0 Å². The molecular weight excluding hydrogens is 202 g/mol. The molecule has 0 bridgehead atoms. The maximum Gasteiger partial charge on any atom is 0.152 e. The maximum absolute atomic E-state index is 11.0. The van der Waals surface area contributed by atoms with Crippen molar-refractivity contribution < 1.29 is 13.5 Å². The van der Waals surface area contributed by atoms with Crippen molar-refractivity contribution in [3.05, 3.63) is 0 Å². The third-order valence-corrected chi connectivity index (χ3v) is 3.88. The van der Waals surface area contributed by atoms with E-state index in [9.17, 15) is 8.42 Å². The Labute approximate surface area is 78.5 Å². The second kappa shape index (κ2) is 3.91. The first kappa shape index (κ1) is 12.2. The van der Waals surface area contributed by atoms with Crippen LogP contribution in [0.5, 0.6) is 0 Å². The van der Waals surface area contributed by atoms with Crippen LogP contribution in [0.2, 0.25) is 0 Å². The summed E-state index contributed by atoms with van der Waals surface area (Å²) in [5.41, 5.74) is 4.73. The van der Waals surface area contributed by atoms with Crippen molar-refractivity contribution in [2.45, 2.75) is 18.4 Å². The van der Waals surface area contributed by atoms with Crippen molar-refractivity contribution in [1.29, 1.82) is 0 Å². The molecular formula is C6H14ClNO3S. The Morgan fingerprint density at radius 2 is 2.08 bits per heavy atom. The van der Waals surface area contributed by atoms with Gasteiger partial charge < -0.3 is 10.8 Å². The molecule has 12 heavy (non-hydrogen) atoms. The average Bonchev–Trinajstić information content (AvgIpc) is 1.85. The Morgan fingerprint density at radius 3 is 2.42 bits per heavy atom. The molecule has 1 heterocycles. The zero-order valence-electron chi connectivity index (χ0n) is 6.69. The van der Waals surface area contributed by atoms with E-state index in [0.717, 1.165) is 0 Å². The van der Waals surface area contributed by atoms with Crippen LogP contribution >= 0.6 is 12.4 Å². The number of sulfone groups is 1. The van der Waals surface area contributed by atoms with Gasteiger partial charge in [-0.1, -0.05) is 0 Å². The molecule has 3 N–H and O–H groups in total. The van der Waals surface area contributed by atoms with Gasteiger partial charge in [-0.15, -0.1) is 12.4 Å². The summed E-state index contributed by atoms with van der Waals surface area (Å²) in [4.78, 5) is 0. The second-order valence-corrected chi connectivity index (χ2v) is 5.40. The lowest BCUT2D eigenvalue weighted by Gasteiger charge is -2.30. The lowest BCUT2D eigenvalue weighted by atomic mass is 9.98. The molecule has 0 radical (unpaired) electrons. The van der Waals surface area contributed by atoms with Crippen LogP contribution in [0, 0.1) is 0 Å². The zero-order valence-corrected chi connectivity index (χ0v) is 8.33. The molecule has 1 atom stereocenters. The van der Waals surface area contributed by atoms with E-state index in [1.54, 1.807) is 0 Å². The molecule has 0 aromatic carbocycles. The number of aliphatic hydroxyl groups excluding tert-OH is 1. The molecule has 4 nitrogen and oxygen atoms in total. The summed E-state index contributed by atoms with van der Waals surface area (Å²) in [5, 5.41) is 8.79. The molecule has 74 valence electrons. The van der Waals surface area contributed by atoms with Gasteiger partial charge in [-0.25, -0.2) is 8.42 Å². The lowest BCUT2D eigenvalue weighted by Crippen LogP contribution is -2.52. The summed E-state index contributed by atoms with van der Waals surface area (Å²) in [6.45, 7) is -0.244. The monoisotopic (exact) mass is 215 g/mol. The van der Waals surface area contributed by atoms with E-state index in [0.29, 0.717) is 12.8 Å². The van der Waals surface area contributed by atoms with Crippen LogP contribution < -0.4 is 5.73 Å². The van der Waals surface area contributed by atoms with E-state index in [2.05, 4.69) is 0 Å². The average molecular weight is 216 g/mol. The normalized spacial score (nSPS) is 33.8. The number of nitrogens with two attached hydrogens (primary N) is 1. The summed E-state index contributed by atoms with van der Waals surface area (Å²) in [7, 11) is -2.99. The molecule has 0 aromatic rings. The van der Waals surface area contributed by atoms with Crippen LogP contribution in [0.15, 0.2) is 0 Å². The smallest absolute Gasteiger partial charge is 0.152 e. The van der Waals surface area contributed by atoms with Gasteiger partial charge in [0.2, 0.25) is 0 Å². The number of aliphatic hydroxyl groups is 1. The standard InChI is InChI=1S/C6H13NO3S.ClH/c7-6(4-8)2-1-3-11(9,10)5-6;/h8H,1-5,7H2;1H. The summed E-state index contributed by atoms with van der Waals surface area (Å²) < 4.78 is 22.1. The van der Waals surface area contributed by atoms with Crippen LogP contribution in [0.3, 0.4) is 0 Å². The molecule has 1 fully saturated rings. The summed E-state index contributed by atoms with van der Waals surface area (Å²) in [6.07, 6.45) is 1.17. The van der Waals surface area contributed by atoms with E-state index in [-0.39, 0.29) is 30.5 Å². The maximum atomic E-state index is 11.0. The van der Waals surface area contributed by atoms with Crippen molar-refractivity contribution in [1.82, 2.24) is 0 Å². The molecule has 6 heteroatoms. The van der Waals surface area contributed by atoms with Crippen LogP contribution in [0.25, 0.3) is 0 Å². The fraction of sp³-hybridized carbons (Fsp3) is 1.00. The molecule has 1 rings (SSSR count). The van der Waals surface area contributed by atoms with Crippen LogP contribution in [-0.4, -0.2) is 37.2 Å². The number of hydrogen-bond acceptors (Lipinski definition) is 4. The fourth-order valence-electron chi connectivity index (χ4n) is 1.35. The molecule has 0 saturated carbocycles. The first-order chi connectivity index (χ1) is 4.97. The minimum Gasteiger partial charge on any atom is -0.394 e. The topological polar surface area (TPSA) is 80.4 Å². The fourth-order valence-corrected chi connectivity index (χ4v) is 3.19. The molecule has 0 amide bonds. The molecule has 1 aliphatic heterocycles. The van der Waals surface area contributed by atoms with E-state index in [1.165, 1.54) is 0 Å². The van der Waals surface area contributed by atoms with E-state index >= 15 is 0 Å². The Balaban J connectivity index is 0.00000121. The zero-order chi connectivity index (χ0) is 8.54. The second-order valence-electron chi connectivity index (χ2n) is 3.22. The Bertz CT molecular complexity index is 241. The SMILES string of the molecule is Cl.NC1(CO)CCCS(=O)(=O)C1. The molecule has 0 spiro atoms. The Kier molecular flexibility index (Phi) is 3.96. The third-order valence-electron chi connectivity index (χ3n) is 1.95. The highest BCUT2D eigenvalue weighted by Crippen LogP contribution is 2.19. The first-order valence-electron chi connectivity index (χ1n) is 3.58. The number of rotatable bonds is 1. The quantitative estimate of drug-likeness (QED) is 0.607. The molecule has 0 aliphatic carbocycles. The minimum atomic E-state index is -2.99. The number of hydrogen-bond donors (Lipinski definition) is 2. The van der Waals surface area contributed by atoms with Gasteiger partial charge in [-0.3, -0.25) is 0 Å². The van der Waals surface area contributed by atoms with Crippen LogP contribution in [-0.2, 0) is 9.84 Å². The number of halogens is 1. The summed E-state index contributed by atoms with van der Waals surface area (Å²) >= 11 is 0. The Hall–Kier alpha value is 0.160. The first-order valence-corrected chi connectivity index (χ1v) is 5.40. The third kappa shape index (κ3) is 2.90. The van der Waals surface area contributed by atoms with Crippen molar-refractivity contribution >= 4 is 22.2 Å². The van der Waals surface area contributed by atoms with Crippen LogP contribution in [0.1, 0.15) is 12.8 Å². The highest BCUT2D eigenvalue weighted by Gasteiger charge is 2.34. The Morgan fingerprint density at radius 1 is 1.50 bits per heavy atom. The lowest BCUT2D eigenvalue weighted by molar-refractivity contribution is 0.198. The predicted molar refractivity (Wildman–Crippen MR) is 49.1 cm³/mol.